The summed E-state index contributed by atoms with van der Waals surface area (Å²) in [5, 5.41) is 2.94. The Balaban J connectivity index is 0. The summed E-state index contributed by atoms with van der Waals surface area (Å²) in [6, 6.07) is 0.0755. The minimum Gasteiger partial charge on any atom is -0.453 e. The van der Waals surface area contributed by atoms with E-state index in [1.54, 1.807) is 0 Å². The number of methoxy groups -OCH3 is 1. The topological polar surface area (TPSA) is 81.4 Å². The number of likely N-dealkylation sites (N-methyl/N-ethyl adjacent to an activating group) is 1. The van der Waals surface area contributed by atoms with E-state index >= 15 is 0 Å². The molecule has 1 atom stereocenters. The van der Waals surface area contributed by atoms with Gasteiger partial charge in [0.25, 0.3) is 0 Å². The van der Waals surface area contributed by atoms with Crippen LogP contribution in [0.15, 0.2) is 0 Å². The van der Waals surface area contributed by atoms with Gasteiger partial charge in [0.2, 0.25) is 0 Å². The van der Waals surface area contributed by atoms with E-state index in [1.165, 1.54) is 20.0 Å². The molecular formula is C10H22N2O3. The van der Waals surface area contributed by atoms with Crippen molar-refractivity contribution in [3.05, 3.63) is 0 Å². The Morgan fingerprint density at radius 2 is 2.07 bits per heavy atom. The lowest BCUT2D eigenvalue weighted by atomic mass is 10.1. The van der Waals surface area contributed by atoms with Crippen LogP contribution in [0.3, 0.4) is 0 Å². The number of amides is 1. The molecule has 0 saturated carbocycles. The molecule has 5 heteroatoms. The summed E-state index contributed by atoms with van der Waals surface area (Å²) < 4.78 is 3.89. The van der Waals surface area contributed by atoms with Crippen LogP contribution < -0.4 is 11.1 Å². The Labute approximate surface area is 91.4 Å². The van der Waals surface area contributed by atoms with Gasteiger partial charge in [-0.25, -0.2) is 4.79 Å². The van der Waals surface area contributed by atoms with Gasteiger partial charge in [-0.15, -0.1) is 0 Å². The SMILES string of the molecule is CCCCCC(C=O)NC.COC(N)=O. The van der Waals surface area contributed by atoms with Crippen LogP contribution in [-0.2, 0) is 9.53 Å². The Morgan fingerprint density at radius 1 is 1.53 bits per heavy atom. The van der Waals surface area contributed by atoms with Gasteiger partial charge in [0.15, 0.2) is 0 Å². The second-order valence-corrected chi connectivity index (χ2v) is 3.05. The van der Waals surface area contributed by atoms with Crippen LogP contribution in [0.4, 0.5) is 4.79 Å². The minimum absolute atomic E-state index is 0.0755. The van der Waals surface area contributed by atoms with E-state index in [2.05, 4.69) is 22.7 Å². The van der Waals surface area contributed by atoms with Gasteiger partial charge in [-0.1, -0.05) is 26.2 Å². The number of carbonyl (C=O) groups is 2. The normalized spacial score (nSPS) is 10.9. The lowest BCUT2D eigenvalue weighted by molar-refractivity contribution is -0.109. The maximum absolute atomic E-state index is 10.3. The number of hydrogen-bond acceptors (Lipinski definition) is 4. The maximum Gasteiger partial charge on any atom is 0.404 e. The van der Waals surface area contributed by atoms with Gasteiger partial charge in [0.1, 0.15) is 6.29 Å². The Hall–Kier alpha value is -1.10. The smallest absolute Gasteiger partial charge is 0.404 e. The van der Waals surface area contributed by atoms with Gasteiger partial charge in [-0.05, 0) is 13.5 Å². The zero-order valence-electron chi connectivity index (χ0n) is 9.79. The molecule has 0 spiro atoms. The van der Waals surface area contributed by atoms with E-state index in [9.17, 15) is 9.59 Å². The predicted octanol–water partition coefficient (Wildman–Crippen LogP) is 1.07. The largest absolute Gasteiger partial charge is 0.453 e. The molecule has 5 nitrogen and oxygen atoms in total. The third kappa shape index (κ3) is 15.6. The summed E-state index contributed by atoms with van der Waals surface area (Å²) in [4.78, 5) is 19.6. The third-order valence-corrected chi connectivity index (χ3v) is 1.85. The molecule has 15 heavy (non-hydrogen) atoms. The van der Waals surface area contributed by atoms with Crippen molar-refractivity contribution in [3.8, 4) is 0 Å². The van der Waals surface area contributed by atoms with Crippen LogP contribution in [0.2, 0.25) is 0 Å². The molecule has 0 aliphatic carbocycles. The minimum atomic E-state index is -0.745. The van der Waals surface area contributed by atoms with E-state index in [-0.39, 0.29) is 6.04 Å². The van der Waals surface area contributed by atoms with Crippen molar-refractivity contribution in [1.82, 2.24) is 5.32 Å². The third-order valence-electron chi connectivity index (χ3n) is 1.85. The van der Waals surface area contributed by atoms with Crippen LogP contribution in [0, 0.1) is 0 Å². The van der Waals surface area contributed by atoms with E-state index in [4.69, 9.17) is 0 Å². The molecule has 3 N–H and O–H groups in total. The highest BCUT2D eigenvalue weighted by Gasteiger charge is 2.00. The lowest BCUT2D eigenvalue weighted by Crippen LogP contribution is -2.26. The molecule has 90 valence electrons. The molecule has 0 aliphatic heterocycles. The number of primary amides is 1. The van der Waals surface area contributed by atoms with Gasteiger partial charge in [0, 0.05) is 0 Å². The summed E-state index contributed by atoms with van der Waals surface area (Å²) in [7, 11) is 3.05. The first-order valence-corrected chi connectivity index (χ1v) is 5.08. The van der Waals surface area contributed by atoms with Crippen molar-refractivity contribution in [2.45, 2.75) is 38.6 Å². The Kier molecular flexibility index (Phi) is 14.0. The molecule has 0 rings (SSSR count). The molecule has 0 aromatic heterocycles. The van der Waals surface area contributed by atoms with Gasteiger partial charge in [-0.3, -0.25) is 0 Å². The molecule has 0 aromatic rings. The van der Waals surface area contributed by atoms with Crippen molar-refractivity contribution in [2.75, 3.05) is 14.2 Å². The number of nitrogens with one attached hydrogen (secondary N) is 1. The zero-order valence-corrected chi connectivity index (χ0v) is 9.79. The molecule has 0 aliphatic rings. The summed E-state index contributed by atoms with van der Waals surface area (Å²) in [5.41, 5.74) is 4.43. The van der Waals surface area contributed by atoms with Gasteiger partial charge >= 0.3 is 6.09 Å². The molecule has 0 radical (unpaired) electrons. The van der Waals surface area contributed by atoms with E-state index in [0.29, 0.717) is 0 Å². The fraction of sp³-hybridized carbons (Fsp3) is 0.800. The molecule has 0 aromatic carbocycles. The van der Waals surface area contributed by atoms with Gasteiger partial charge in [0.05, 0.1) is 13.2 Å². The van der Waals surface area contributed by atoms with Crippen molar-refractivity contribution in [1.29, 1.82) is 0 Å². The standard InChI is InChI=1S/C8H17NO.C2H5NO2/c1-3-4-5-6-8(7-10)9-2;1-5-2(3)4/h7-9H,3-6H2,1-2H3;1H3,(H2,3,4). The van der Waals surface area contributed by atoms with E-state index in [1.807, 2.05) is 7.05 Å². The molecule has 0 saturated heterocycles. The Morgan fingerprint density at radius 3 is 2.33 bits per heavy atom. The van der Waals surface area contributed by atoms with Crippen LogP contribution in [0.25, 0.3) is 0 Å². The molecule has 1 amide bonds. The van der Waals surface area contributed by atoms with E-state index in [0.717, 1.165) is 19.1 Å². The molecular weight excluding hydrogens is 196 g/mol. The van der Waals surface area contributed by atoms with Gasteiger partial charge in [-0.2, -0.15) is 0 Å². The summed E-state index contributed by atoms with van der Waals surface area (Å²) >= 11 is 0. The van der Waals surface area contributed by atoms with Crippen molar-refractivity contribution >= 4 is 12.4 Å². The number of nitrogens with two attached hydrogens (primary N) is 1. The van der Waals surface area contributed by atoms with Crippen molar-refractivity contribution in [2.24, 2.45) is 5.73 Å². The molecule has 0 fully saturated rings. The van der Waals surface area contributed by atoms with Crippen LogP contribution in [-0.4, -0.2) is 32.6 Å². The first-order valence-electron chi connectivity index (χ1n) is 5.08. The quantitative estimate of drug-likeness (QED) is 0.516. The number of aldehydes is 1. The van der Waals surface area contributed by atoms with Crippen molar-refractivity contribution < 1.29 is 14.3 Å². The second kappa shape index (κ2) is 12.9. The molecule has 0 bridgehead atoms. The zero-order chi connectivity index (χ0) is 12.1. The summed E-state index contributed by atoms with van der Waals surface area (Å²) in [6.45, 7) is 2.16. The fourth-order valence-corrected chi connectivity index (χ4v) is 0.895. The number of ether oxygens (including phenoxy) is 1. The first-order chi connectivity index (χ1) is 7.12. The first kappa shape index (κ1) is 16.3. The number of unbranched alkanes of at least 4 members (excludes halogenated alkanes) is 2. The van der Waals surface area contributed by atoms with Gasteiger partial charge < -0.3 is 20.6 Å². The predicted molar refractivity (Wildman–Crippen MR) is 59.6 cm³/mol. The Bertz CT molecular complexity index is 163. The number of hydrogen-bond donors (Lipinski definition) is 2. The lowest BCUT2D eigenvalue weighted by Gasteiger charge is -2.06. The fourth-order valence-electron chi connectivity index (χ4n) is 0.895. The molecule has 0 heterocycles. The second-order valence-electron chi connectivity index (χ2n) is 3.05. The van der Waals surface area contributed by atoms with Crippen LogP contribution >= 0.6 is 0 Å². The maximum atomic E-state index is 10.3. The van der Waals surface area contributed by atoms with Crippen molar-refractivity contribution in [3.63, 3.8) is 0 Å². The average Bonchev–Trinajstić information content (AvgIpc) is 2.25. The summed E-state index contributed by atoms with van der Waals surface area (Å²) in [5.74, 6) is 0. The highest BCUT2D eigenvalue weighted by molar-refractivity contribution is 5.64. The monoisotopic (exact) mass is 218 g/mol. The number of carbonyl (C=O) groups excluding carboxylic acids is 2. The highest BCUT2D eigenvalue weighted by atomic mass is 16.5. The van der Waals surface area contributed by atoms with Crippen LogP contribution in [0.5, 0.6) is 0 Å². The average molecular weight is 218 g/mol. The highest BCUT2D eigenvalue weighted by Crippen LogP contribution is 2.00. The van der Waals surface area contributed by atoms with E-state index < -0.39 is 6.09 Å². The van der Waals surface area contributed by atoms with Crippen LogP contribution in [0.1, 0.15) is 32.6 Å². The summed E-state index contributed by atoms with van der Waals surface area (Å²) in [6.07, 6.45) is 4.82. The number of rotatable bonds is 6. The molecule has 1 unspecified atom stereocenters.